The first-order chi connectivity index (χ1) is 14.8. The fraction of sp³-hybridized carbons (Fsp3) is 0.625. The number of nitrogens with one attached hydrogen (secondary N) is 1. The molecule has 1 N–H and O–H groups in total. The minimum atomic E-state index is 0.300. The van der Waals surface area contributed by atoms with Gasteiger partial charge >= 0.3 is 0 Å². The second-order valence-corrected chi connectivity index (χ2v) is 8.24. The first-order valence-corrected chi connectivity index (χ1v) is 11.6. The molecule has 164 valence electrons. The van der Waals surface area contributed by atoms with Gasteiger partial charge in [-0.25, -0.2) is 0 Å². The van der Waals surface area contributed by atoms with E-state index in [9.17, 15) is 0 Å². The Bertz CT molecular complexity index is 772. The van der Waals surface area contributed by atoms with E-state index in [2.05, 4.69) is 29.3 Å². The van der Waals surface area contributed by atoms with Gasteiger partial charge in [0.15, 0.2) is 5.96 Å². The second kappa shape index (κ2) is 10.8. The number of hydrogen-bond donors (Lipinski definition) is 1. The lowest BCUT2D eigenvalue weighted by Crippen LogP contribution is -2.47. The van der Waals surface area contributed by atoms with Gasteiger partial charge in [0.25, 0.3) is 0 Å². The highest BCUT2D eigenvalue weighted by atomic mass is 16.5. The fourth-order valence-corrected chi connectivity index (χ4v) is 4.27. The average molecular weight is 414 g/mol. The smallest absolute Gasteiger partial charge is 0.193 e. The van der Waals surface area contributed by atoms with Crippen molar-refractivity contribution in [1.29, 1.82) is 0 Å². The highest BCUT2D eigenvalue weighted by Crippen LogP contribution is 2.20. The maximum atomic E-state index is 6.15. The molecule has 30 heavy (non-hydrogen) atoms. The number of rotatable bonds is 7. The zero-order chi connectivity index (χ0) is 20.6. The first kappa shape index (κ1) is 21.2. The van der Waals surface area contributed by atoms with Gasteiger partial charge in [-0.3, -0.25) is 4.99 Å². The van der Waals surface area contributed by atoms with Crippen molar-refractivity contribution in [2.75, 3.05) is 39.4 Å². The lowest BCUT2D eigenvalue weighted by molar-refractivity contribution is -0.0721. The third kappa shape index (κ3) is 5.76. The molecule has 2 aliphatic rings. The van der Waals surface area contributed by atoms with Crippen molar-refractivity contribution in [1.82, 2.24) is 10.2 Å². The van der Waals surface area contributed by atoms with Crippen LogP contribution in [0.5, 0.6) is 0 Å². The molecule has 1 atom stereocenters. The van der Waals surface area contributed by atoms with E-state index in [1.165, 1.54) is 12.8 Å². The average Bonchev–Trinajstić information content (AvgIpc) is 3.21. The molecule has 0 bridgehead atoms. The molecular weight excluding hydrogens is 378 g/mol. The van der Waals surface area contributed by atoms with E-state index >= 15 is 0 Å². The normalized spacial score (nSPS) is 21.3. The molecule has 6 nitrogen and oxygen atoms in total. The van der Waals surface area contributed by atoms with Gasteiger partial charge in [0.05, 0.1) is 18.8 Å². The molecule has 2 fully saturated rings. The van der Waals surface area contributed by atoms with Gasteiger partial charge in [-0.05, 0) is 51.2 Å². The molecule has 0 saturated carbocycles. The molecule has 0 aliphatic carbocycles. The molecular formula is C24H35N3O3. The SMILES string of the molecule is CCNC(=NCCc1cc2ccccc2o1)N1CCC(OCC2CCCCO2)CC1. The third-order valence-electron chi connectivity index (χ3n) is 5.96. The number of ether oxygens (including phenoxy) is 2. The molecule has 2 saturated heterocycles. The Kier molecular flexibility index (Phi) is 7.65. The van der Waals surface area contributed by atoms with Crippen LogP contribution in [0.3, 0.4) is 0 Å². The van der Waals surface area contributed by atoms with E-state index in [4.69, 9.17) is 18.9 Å². The van der Waals surface area contributed by atoms with E-state index in [0.717, 1.165) is 87.8 Å². The van der Waals surface area contributed by atoms with Crippen molar-refractivity contribution >= 4 is 16.9 Å². The Hall–Kier alpha value is -2.05. The van der Waals surface area contributed by atoms with E-state index in [1.807, 2.05) is 18.2 Å². The maximum Gasteiger partial charge on any atom is 0.193 e. The van der Waals surface area contributed by atoms with Crippen LogP contribution >= 0.6 is 0 Å². The monoisotopic (exact) mass is 413 g/mol. The number of guanidine groups is 1. The number of benzene rings is 1. The summed E-state index contributed by atoms with van der Waals surface area (Å²) in [7, 11) is 0. The summed E-state index contributed by atoms with van der Waals surface area (Å²) in [6.07, 6.45) is 7.13. The quantitative estimate of drug-likeness (QED) is 0.549. The number of aliphatic imine (C=N–C) groups is 1. The minimum absolute atomic E-state index is 0.300. The summed E-state index contributed by atoms with van der Waals surface area (Å²) in [6, 6.07) is 10.3. The summed E-state index contributed by atoms with van der Waals surface area (Å²) >= 11 is 0. The Morgan fingerprint density at radius 2 is 2.07 bits per heavy atom. The predicted molar refractivity (Wildman–Crippen MR) is 120 cm³/mol. The molecule has 2 aromatic rings. The number of fused-ring (bicyclic) bond motifs is 1. The second-order valence-electron chi connectivity index (χ2n) is 8.24. The van der Waals surface area contributed by atoms with Gasteiger partial charge in [-0.15, -0.1) is 0 Å². The standard InChI is InChI=1S/C24H35N3O3/c1-2-25-24(26-13-10-21-17-19-7-3-4-9-23(19)30-21)27-14-11-20(12-15-27)29-18-22-8-5-6-16-28-22/h3-4,7,9,17,20,22H,2,5-6,8,10-16,18H2,1H3,(H,25,26). The van der Waals surface area contributed by atoms with Gasteiger partial charge in [0.1, 0.15) is 11.3 Å². The van der Waals surface area contributed by atoms with Crippen molar-refractivity contribution < 1.29 is 13.9 Å². The number of nitrogens with zero attached hydrogens (tertiary/aromatic N) is 2. The largest absolute Gasteiger partial charge is 0.461 e. The van der Waals surface area contributed by atoms with Crippen LogP contribution in [0.2, 0.25) is 0 Å². The topological polar surface area (TPSA) is 59.2 Å². The van der Waals surface area contributed by atoms with Gasteiger partial charge in [-0.1, -0.05) is 18.2 Å². The lowest BCUT2D eigenvalue weighted by Gasteiger charge is -2.35. The van der Waals surface area contributed by atoms with Gasteiger partial charge in [-0.2, -0.15) is 0 Å². The Morgan fingerprint density at radius 3 is 2.83 bits per heavy atom. The Morgan fingerprint density at radius 1 is 1.20 bits per heavy atom. The van der Waals surface area contributed by atoms with Gasteiger partial charge in [0.2, 0.25) is 0 Å². The van der Waals surface area contributed by atoms with E-state index in [1.54, 1.807) is 0 Å². The third-order valence-corrected chi connectivity index (χ3v) is 5.96. The zero-order valence-electron chi connectivity index (χ0n) is 18.1. The predicted octanol–water partition coefficient (Wildman–Crippen LogP) is 3.99. The van der Waals surface area contributed by atoms with Crippen LogP contribution in [0.4, 0.5) is 0 Å². The molecule has 0 radical (unpaired) electrons. The number of para-hydroxylation sites is 1. The molecule has 6 heteroatoms. The number of likely N-dealkylation sites (tertiary alicyclic amines) is 1. The molecule has 1 aromatic heterocycles. The van der Waals surface area contributed by atoms with E-state index in [-0.39, 0.29) is 0 Å². The van der Waals surface area contributed by atoms with Crippen LogP contribution in [0, 0.1) is 0 Å². The lowest BCUT2D eigenvalue weighted by atomic mass is 10.1. The van der Waals surface area contributed by atoms with Crippen molar-refractivity contribution in [2.24, 2.45) is 4.99 Å². The Balaban J connectivity index is 1.24. The molecule has 2 aliphatic heterocycles. The number of hydrogen-bond acceptors (Lipinski definition) is 4. The number of piperidine rings is 1. The first-order valence-electron chi connectivity index (χ1n) is 11.6. The molecule has 1 aromatic carbocycles. The van der Waals surface area contributed by atoms with Crippen LogP contribution in [-0.4, -0.2) is 62.5 Å². The summed E-state index contributed by atoms with van der Waals surface area (Å²) < 4.78 is 17.9. The zero-order valence-corrected chi connectivity index (χ0v) is 18.1. The summed E-state index contributed by atoms with van der Waals surface area (Å²) in [6.45, 7) is 7.31. The molecule has 3 heterocycles. The Labute approximate surface area is 179 Å². The van der Waals surface area contributed by atoms with E-state index in [0.29, 0.717) is 12.2 Å². The van der Waals surface area contributed by atoms with Crippen molar-refractivity contribution in [3.05, 3.63) is 36.1 Å². The summed E-state index contributed by atoms with van der Waals surface area (Å²) in [4.78, 5) is 7.22. The van der Waals surface area contributed by atoms with Gasteiger partial charge in [0, 0.05) is 44.6 Å². The summed E-state index contributed by atoms with van der Waals surface area (Å²) in [5.41, 5.74) is 0.948. The van der Waals surface area contributed by atoms with Crippen molar-refractivity contribution in [2.45, 2.75) is 57.7 Å². The van der Waals surface area contributed by atoms with Crippen LogP contribution in [0.15, 0.2) is 39.7 Å². The summed E-state index contributed by atoms with van der Waals surface area (Å²) in [5, 5.41) is 4.60. The molecule has 0 amide bonds. The highest BCUT2D eigenvalue weighted by Gasteiger charge is 2.23. The molecule has 0 spiro atoms. The summed E-state index contributed by atoms with van der Waals surface area (Å²) in [5.74, 6) is 2.00. The van der Waals surface area contributed by atoms with Crippen LogP contribution in [0.25, 0.3) is 11.0 Å². The minimum Gasteiger partial charge on any atom is -0.461 e. The maximum absolute atomic E-state index is 6.15. The van der Waals surface area contributed by atoms with Gasteiger partial charge < -0.3 is 24.1 Å². The molecule has 1 unspecified atom stereocenters. The van der Waals surface area contributed by atoms with Crippen LogP contribution in [0.1, 0.15) is 44.8 Å². The van der Waals surface area contributed by atoms with Crippen LogP contribution < -0.4 is 5.32 Å². The fourth-order valence-electron chi connectivity index (χ4n) is 4.27. The highest BCUT2D eigenvalue weighted by molar-refractivity contribution is 5.80. The number of furan rings is 1. The van der Waals surface area contributed by atoms with Crippen molar-refractivity contribution in [3.8, 4) is 0 Å². The molecule has 4 rings (SSSR count). The van der Waals surface area contributed by atoms with E-state index < -0.39 is 0 Å². The van der Waals surface area contributed by atoms with Crippen molar-refractivity contribution in [3.63, 3.8) is 0 Å². The van der Waals surface area contributed by atoms with Crippen LogP contribution in [-0.2, 0) is 15.9 Å².